The number of benzene rings is 2. The lowest BCUT2D eigenvalue weighted by Crippen LogP contribution is -2.48. The number of nitrogens with zero attached hydrogens (tertiary/aromatic N) is 2. The number of hydrogen-bond donors (Lipinski definition) is 3. The molecular weight excluding hydrogens is 396 g/mol. The number of aromatic hydroxyl groups is 1. The van der Waals surface area contributed by atoms with Crippen LogP contribution in [0.5, 0.6) is 5.75 Å². The number of carbonyl (C=O) groups is 2. The lowest BCUT2D eigenvalue weighted by Gasteiger charge is -2.18. The minimum Gasteiger partial charge on any atom is -0.508 e. The lowest BCUT2D eigenvalue weighted by molar-refractivity contribution is -0.394. The Hall–Kier alpha value is -4.02. The number of phenols is 1. The van der Waals surface area contributed by atoms with Gasteiger partial charge in [0.2, 0.25) is 5.91 Å². The van der Waals surface area contributed by atoms with Gasteiger partial charge in [-0.25, -0.2) is 0 Å². The van der Waals surface area contributed by atoms with Crippen molar-refractivity contribution in [2.45, 2.75) is 25.8 Å². The van der Waals surface area contributed by atoms with Crippen molar-refractivity contribution >= 4 is 23.2 Å². The van der Waals surface area contributed by atoms with Gasteiger partial charge in [0.25, 0.3) is 17.3 Å². The van der Waals surface area contributed by atoms with Gasteiger partial charge in [-0.1, -0.05) is 19.1 Å². The van der Waals surface area contributed by atoms with Crippen molar-refractivity contribution in [2.24, 2.45) is 0 Å². The van der Waals surface area contributed by atoms with Crippen LogP contribution in [0.3, 0.4) is 0 Å². The topological polar surface area (TPSA) is 165 Å². The van der Waals surface area contributed by atoms with Crippen molar-refractivity contribution in [1.82, 2.24) is 10.6 Å². The Labute approximate surface area is 171 Å². The van der Waals surface area contributed by atoms with E-state index in [-0.39, 0.29) is 17.7 Å². The maximum Gasteiger partial charge on any atom is 0.277 e. The molecule has 0 aliphatic carbocycles. The molecule has 0 saturated carbocycles. The molecular formula is C19H20N4O7. The molecule has 11 heteroatoms. The highest BCUT2D eigenvalue weighted by molar-refractivity contribution is 5.98. The molecule has 0 aliphatic heterocycles. The largest absolute Gasteiger partial charge is 0.508 e. The van der Waals surface area contributed by atoms with E-state index in [9.17, 15) is 34.9 Å². The first-order valence-corrected chi connectivity index (χ1v) is 9.01. The molecule has 158 valence electrons. The van der Waals surface area contributed by atoms with Gasteiger partial charge in [0, 0.05) is 25.1 Å². The van der Waals surface area contributed by atoms with E-state index in [1.807, 2.05) is 6.92 Å². The molecule has 2 rings (SSSR count). The Morgan fingerprint density at radius 2 is 1.60 bits per heavy atom. The fourth-order valence-corrected chi connectivity index (χ4v) is 2.63. The Balaban J connectivity index is 2.30. The Bertz CT molecular complexity index is 928. The van der Waals surface area contributed by atoms with Crippen molar-refractivity contribution < 1.29 is 24.5 Å². The van der Waals surface area contributed by atoms with E-state index in [1.165, 1.54) is 12.1 Å². The van der Waals surface area contributed by atoms with Crippen LogP contribution in [-0.4, -0.2) is 39.4 Å². The van der Waals surface area contributed by atoms with Crippen molar-refractivity contribution in [3.05, 3.63) is 73.8 Å². The highest BCUT2D eigenvalue weighted by Gasteiger charge is 2.25. The molecule has 0 aliphatic rings. The fraction of sp³-hybridized carbons (Fsp3) is 0.263. The number of phenolic OH excluding ortho intramolecular Hbond substituents is 1. The van der Waals surface area contributed by atoms with Crippen LogP contribution in [0.2, 0.25) is 0 Å². The smallest absolute Gasteiger partial charge is 0.277 e. The highest BCUT2D eigenvalue weighted by Crippen LogP contribution is 2.23. The summed E-state index contributed by atoms with van der Waals surface area (Å²) in [6.07, 6.45) is 0.751. The molecule has 11 nitrogen and oxygen atoms in total. The SMILES string of the molecule is CCCNC(=O)[C@H](Cc1ccc(O)cc1)NC(=O)c1cc([N+](=O)[O-])cc([N+](=O)[O-])c1. The predicted molar refractivity (Wildman–Crippen MR) is 106 cm³/mol. The second-order valence-electron chi connectivity index (χ2n) is 6.44. The van der Waals surface area contributed by atoms with Gasteiger partial charge in [-0.05, 0) is 24.1 Å². The predicted octanol–water partition coefficient (Wildman–Crippen LogP) is 2.08. The molecule has 0 aromatic heterocycles. The van der Waals surface area contributed by atoms with Gasteiger partial charge < -0.3 is 15.7 Å². The molecule has 0 unspecified atom stereocenters. The fourth-order valence-electron chi connectivity index (χ4n) is 2.63. The summed E-state index contributed by atoms with van der Waals surface area (Å²) in [5.74, 6) is -1.30. The van der Waals surface area contributed by atoms with Crippen molar-refractivity contribution in [3.63, 3.8) is 0 Å². The van der Waals surface area contributed by atoms with Crippen LogP contribution in [0.1, 0.15) is 29.3 Å². The minimum atomic E-state index is -1.04. The quantitative estimate of drug-likeness (QED) is 0.416. The summed E-state index contributed by atoms with van der Waals surface area (Å²) in [7, 11) is 0. The van der Waals surface area contributed by atoms with E-state index < -0.39 is 39.1 Å². The molecule has 30 heavy (non-hydrogen) atoms. The third-order valence-electron chi connectivity index (χ3n) is 4.13. The summed E-state index contributed by atoms with van der Waals surface area (Å²) >= 11 is 0. The number of nitrogens with one attached hydrogen (secondary N) is 2. The van der Waals surface area contributed by atoms with E-state index in [4.69, 9.17) is 0 Å². The number of hydrogen-bond acceptors (Lipinski definition) is 7. The van der Waals surface area contributed by atoms with Crippen molar-refractivity contribution in [1.29, 1.82) is 0 Å². The van der Waals surface area contributed by atoms with Gasteiger partial charge in [0.15, 0.2) is 0 Å². The standard InChI is InChI=1S/C19H20N4O7/c1-2-7-20-19(26)17(8-12-3-5-16(24)6-4-12)21-18(25)13-9-14(22(27)28)11-15(10-13)23(29)30/h3-6,9-11,17,24H,2,7-8H2,1H3,(H,20,26)(H,21,25)/t17-/m0/s1. The molecule has 1 atom stereocenters. The summed E-state index contributed by atoms with van der Waals surface area (Å²) in [6, 6.07) is 7.56. The number of non-ortho nitro benzene ring substituents is 2. The van der Waals surface area contributed by atoms with E-state index in [1.54, 1.807) is 12.1 Å². The maximum atomic E-state index is 12.7. The molecule has 0 fully saturated rings. The third kappa shape index (κ3) is 5.99. The summed E-state index contributed by atoms with van der Waals surface area (Å²) in [5.41, 5.74) is -0.885. The first-order chi connectivity index (χ1) is 14.2. The van der Waals surface area contributed by atoms with E-state index in [0.29, 0.717) is 18.5 Å². The number of carbonyl (C=O) groups excluding carboxylic acids is 2. The van der Waals surface area contributed by atoms with Gasteiger partial charge in [0.1, 0.15) is 11.8 Å². The zero-order valence-corrected chi connectivity index (χ0v) is 16.0. The molecule has 2 aromatic carbocycles. The average Bonchev–Trinajstić information content (AvgIpc) is 2.72. The van der Waals surface area contributed by atoms with Crippen molar-refractivity contribution in [3.8, 4) is 5.75 Å². The Morgan fingerprint density at radius 3 is 2.10 bits per heavy atom. The van der Waals surface area contributed by atoms with Crippen LogP contribution in [0.25, 0.3) is 0 Å². The van der Waals surface area contributed by atoms with E-state index >= 15 is 0 Å². The average molecular weight is 416 g/mol. The zero-order chi connectivity index (χ0) is 22.3. The normalized spacial score (nSPS) is 11.4. The van der Waals surface area contributed by atoms with Crippen LogP contribution >= 0.6 is 0 Å². The molecule has 2 aromatic rings. The Kier molecular flexibility index (Phi) is 7.39. The molecule has 0 spiro atoms. The van der Waals surface area contributed by atoms with Gasteiger partial charge in [-0.2, -0.15) is 0 Å². The number of rotatable bonds is 9. The van der Waals surface area contributed by atoms with Crippen LogP contribution in [0.4, 0.5) is 11.4 Å². The second-order valence-corrected chi connectivity index (χ2v) is 6.44. The second kappa shape index (κ2) is 9.96. The number of amides is 2. The lowest BCUT2D eigenvalue weighted by atomic mass is 10.0. The number of nitro benzene ring substituents is 2. The highest BCUT2D eigenvalue weighted by atomic mass is 16.6. The molecule has 0 radical (unpaired) electrons. The number of nitro groups is 2. The zero-order valence-electron chi connectivity index (χ0n) is 16.0. The third-order valence-corrected chi connectivity index (χ3v) is 4.13. The van der Waals surface area contributed by atoms with Crippen LogP contribution < -0.4 is 10.6 Å². The van der Waals surface area contributed by atoms with Gasteiger partial charge >= 0.3 is 0 Å². The summed E-state index contributed by atoms with van der Waals surface area (Å²) < 4.78 is 0. The maximum absolute atomic E-state index is 12.7. The van der Waals surface area contributed by atoms with Gasteiger partial charge in [-0.15, -0.1) is 0 Å². The summed E-state index contributed by atoms with van der Waals surface area (Å²) in [4.78, 5) is 45.5. The minimum absolute atomic E-state index is 0.0404. The van der Waals surface area contributed by atoms with Crippen LogP contribution in [0, 0.1) is 20.2 Å². The van der Waals surface area contributed by atoms with Crippen molar-refractivity contribution in [2.75, 3.05) is 6.54 Å². The molecule has 0 heterocycles. The summed E-state index contributed by atoms with van der Waals surface area (Å²) in [5, 5.41) is 36.6. The molecule has 3 N–H and O–H groups in total. The van der Waals surface area contributed by atoms with Crippen LogP contribution in [0.15, 0.2) is 42.5 Å². The first kappa shape index (κ1) is 22.3. The summed E-state index contributed by atoms with van der Waals surface area (Å²) in [6.45, 7) is 2.24. The van der Waals surface area contributed by atoms with E-state index in [0.717, 1.165) is 18.2 Å². The molecule has 0 bridgehead atoms. The first-order valence-electron chi connectivity index (χ1n) is 9.01. The Morgan fingerprint density at radius 1 is 1.03 bits per heavy atom. The molecule has 0 saturated heterocycles. The van der Waals surface area contributed by atoms with Gasteiger partial charge in [0.05, 0.1) is 21.5 Å². The van der Waals surface area contributed by atoms with Gasteiger partial charge in [-0.3, -0.25) is 29.8 Å². The molecule has 2 amide bonds. The van der Waals surface area contributed by atoms with Crippen LogP contribution in [-0.2, 0) is 11.2 Å². The van der Waals surface area contributed by atoms with E-state index in [2.05, 4.69) is 10.6 Å². The monoisotopic (exact) mass is 416 g/mol.